The van der Waals surface area contributed by atoms with Crippen LogP contribution in [0.4, 0.5) is 0 Å². The van der Waals surface area contributed by atoms with Crippen LogP contribution in [0.5, 0.6) is 17.2 Å². The van der Waals surface area contributed by atoms with Crippen LogP contribution in [0.3, 0.4) is 0 Å². The minimum atomic E-state index is -1.03. The van der Waals surface area contributed by atoms with Crippen molar-refractivity contribution < 1.29 is 29.6 Å². The van der Waals surface area contributed by atoms with Crippen LogP contribution in [0.2, 0.25) is 0 Å². The van der Waals surface area contributed by atoms with Crippen LogP contribution in [0, 0.1) is 0 Å². The van der Waals surface area contributed by atoms with Gasteiger partial charge in [-0.3, -0.25) is 4.79 Å². The number of aromatic hydroxyl groups is 2. The Hall–Kier alpha value is -4.06. The highest BCUT2D eigenvalue weighted by Crippen LogP contribution is 2.36. The SMILES string of the molecule is O=COc1ccc2c(Cc3c(O)ccc4cc(C(=O)O)ccc34)c(O)ccc2c1. The molecule has 0 saturated heterocycles. The number of ether oxygens (including phenoxy) is 1. The Kier molecular flexibility index (Phi) is 4.52. The van der Waals surface area contributed by atoms with Gasteiger partial charge in [0.05, 0.1) is 5.56 Å². The molecule has 0 aliphatic carbocycles. The van der Waals surface area contributed by atoms with Gasteiger partial charge in [-0.15, -0.1) is 0 Å². The monoisotopic (exact) mass is 388 g/mol. The van der Waals surface area contributed by atoms with Crippen molar-refractivity contribution in [2.75, 3.05) is 0 Å². The Balaban J connectivity index is 1.87. The molecule has 0 aromatic heterocycles. The van der Waals surface area contributed by atoms with Gasteiger partial charge >= 0.3 is 5.97 Å². The molecule has 3 N–H and O–H groups in total. The molecule has 0 bridgehead atoms. The molecule has 0 heterocycles. The number of fused-ring (bicyclic) bond motifs is 2. The minimum absolute atomic E-state index is 0.0536. The summed E-state index contributed by atoms with van der Waals surface area (Å²) in [5.74, 6) is -0.516. The van der Waals surface area contributed by atoms with Gasteiger partial charge in [0.15, 0.2) is 0 Å². The summed E-state index contributed by atoms with van der Waals surface area (Å²) >= 11 is 0. The topological polar surface area (TPSA) is 104 Å². The Morgan fingerprint density at radius 2 is 1.41 bits per heavy atom. The fraction of sp³-hybridized carbons (Fsp3) is 0.0435. The third-order valence-corrected chi connectivity index (χ3v) is 4.97. The van der Waals surface area contributed by atoms with E-state index in [1.165, 1.54) is 12.1 Å². The van der Waals surface area contributed by atoms with E-state index in [2.05, 4.69) is 0 Å². The van der Waals surface area contributed by atoms with Gasteiger partial charge in [0.1, 0.15) is 17.2 Å². The first-order valence-electron chi connectivity index (χ1n) is 8.81. The summed E-state index contributed by atoms with van der Waals surface area (Å²) in [5.41, 5.74) is 1.34. The molecule has 0 aliphatic heterocycles. The van der Waals surface area contributed by atoms with E-state index in [0.29, 0.717) is 34.1 Å². The zero-order chi connectivity index (χ0) is 20.5. The Labute approximate surface area is 165 Å². The first-order chi connectivity index (χ1) is 14.0. The predicted octanol–water partition coefficient (Wildman–Crippen LogP) is 4.23. The van der Waals surface area contributed by atoms with E-state index < -0.39 is 5.97 Å². The molecule has 4 rings (SSSR count). The Bertz CT molecular complexity index is 1280. The van der Waals surface area contributed by atoms with Gasteiger partial charge in [0.2, 0.25) is 0 Å². The quantitative estimate of drug-likeness (QED) is 0.442. The lowest BCUT2D eigenvalue weighted by Crippen LogP contribution is -1.98. The first kappa shape index (κ1) is 18.3. The molecule has 0 aliphatic rings. The van der Waals surface area contributed by atoms with Gasteiger partial charge in [-0.25, -0.2) is 4.79 Å². The Morgan fingerprint density at radius 3 is 2.00 bits per heavy atom. The lowest BCUT2D eigenvalue weighted by Gasteiger charge is -2.14. The van der Waals surface area contributed by atoms with E-state index in [1.807, 2.05) is 0 Å². The third-order valence-electron chi connectivity index (χ3n) is 4.97. The molecule has 0 fully saturated rings. The summed E-state index contributed by atoms with van der Waals surface area (Å²) in [6, 6.07) is 16.2. The van der Waals surface area contributed by atoms with Crippen molar-refractivity contribution in [3.05, 3.63) is 77.4 Å². The smallest absolute Gasteiger partial charge is 0.335 e. The van der Waals surface area contributed by atoms with E-state index in [1.54, 1.807) is 48.5 Å². The van der Waals surface area contributed by atoms with Crippen LogP contribution in [0.1, 0.15) is 21.5 Å². The number of hydrogen-bond acceptors (Lipinski definition) is 5. The van der Waals surface area contributed by atoms with Gasteiger partial charge < -0.3 is 20.1 Å². The number of carbonyl (C=O) groups excluding carboxylic acids is 1. The molecule has 0 amide bonds. The standard InChI is InChI=1S/C23H16O6/c24-12-29-16-4-6-18-14(10-16)3-8-22(26)20(18)11-19-17-5-1-15(23(27)28)9-13(17)2-7-21(19)25/h1-10,12,25-26H,11H2,(H,27,28). The van der Waals surface area contributed by atoms with Gasteiger partial charge in [-0.2, -0.15) is 0 Å². The zero-order valence-electron chi connectivity index (χ0n) is 15.1. The van der Waals surface area contributed by atoms with Crippen LogP contribution in [0.25, 0.3) is 21.5 Å². The van der Waals surface area contributed by atoms with Crippen LogP contribution in [0.15, 0.2) is 60.7 Å². The number of hydrogen-bond donors (Lipinski definition) is 3. The van der Waals surface area contributed by atoms with Crippen LogP contribution in [-0.2, 0) is 11.2 Å². The molecule has 0 spiro atoms. The largest absolute Gasteiger partial charge is 0.508 e. The zero-order valence-corrected chi connectivity index (χ0v) is 15.1. The van der Waals surface area contributed by atoms with Crippen molar-refractivity contribution in [1.82, 2.24) is 0 Å². The van der Waals surface area contributed by atoms with E-state index >= 15 is 0 Å². The molecule has 6 heteroatoms. The fourth-order valence-corrected chi connectivity index (χ4v) is 3.55. The molecule has 4 aromatic rings. The lowest BCUT2D eigenvalue weighted by atomic mass is 9.93. The Morgan fingerprint density at radius 1 is 0.828 bits per heavy atom. The van der Waals surface area contributed by atoms with Gasteiger partial charge in [0, 0.05) is 17.5 Å². The first-order valence-corrected chi connectivity index (χ1v) is 8.81. The van der Waals surface area contributed by atoms with E-state index in [9.17, 15) is 24.9 Å². The minimum Gasteiger partial charge on any atom is -0.508 e. The second-order valence-corrected chi connectivity index (χ2v) is 6.64. The number of phenols is 2. The second-order valence-electron chi connectivity index (χ2n) is 6.64. The molecule has 0 unspecified atom stereocenters. The third kappa shape index (κ3) is 3.32. The molecule has 0 atom stereocenters. The van der Waals surface area contributed by atoms with Crippen molar-refractivity contribution in [2.45, 2.75) is 6.42 Å². The molecule has 0 radical (unpaired) electrons. The van der Waals surface area contributed by atoms with Crippen molar-refractivity contribution in [3.63, 3.8) is 0 Å². The molecule has 0 saturated carbocycles. The second kappa shape index (κ2) is 7.16. The average Bonchev–Trinajstić information content (AvgIpc) is 2.71. The van der Waals surface area contributed by atoms with Crippen molar-refractivity contribution in [3.8, 4) is 17.2 Å². The van der Waals surface area contributed by atoms with Crippen LogP contribution >= 0.6 is 0 Å². The highest BCUT2D eigenvalue weighted by molar-refractivity contribution is 5.97. The summed E-state index contributed by atoms with van der Waals surface area (Å²) in [6.07, 6.45) is 0.229. The number of carbonyl (C=O) groups is 2. The number of aromatic carboxylic acids is 1. The molecule has 144 valence electrons. The van der Waals surface area contributed by atoms with Crippen LogP contribution in [-0.4, -0.2) is 27.8 Å². The van der Waals surface area contributed by atoms with Gasteiger partial charge in [-0.05, 0) is 57.9 Å². The highest BCUT2D eigenvalue weighted by atomic mass is 16.5. The maximum atomic E-state index is 11.2. The summed E-state index contributed by atoms with van der Waals surface area (Å²) < 4.78 is 4.88. The van der Waals surface area contributed by atoms with E-state index in [-0.39, 0.29) is 23.5 Å². The normalized spacial score (nSPS) is 10.9. The van der Waals surface area contributed by atoms with Gasteiger partial charge in [0.25, 0.3) is 6.47 Å². The van der Waals surface area contributed by atoms with Crippen molar-refractivity contribution >= 4 is 34.0 Å². The summed E-state index contributed by atoms with van der Waals surface area (Å²) in [6.45, 7) is 0.349. The number of carboxylic acid groups (broad SMARTS) is 1. The molecule has 6 nitrogen and oxygen atoms in total. The maximum absolute atomic E-state index is 11.2. The molecule has 4 aromatic carbocycles. The predicted molar refractivity (Wildman–Crippen MR) is 108 cm³/mol. The molecular weight excluding hydrogens is 372 g/mol. The van der Waals surface area contributed by atoms with Crippen molar-refractivity contribution in [1.29, 1.82) is 0 Å². The van der Waals surface area contributed by atoms with E-state index in [0.717, 1.165) is 10.8 Å². The van der Waals surface area contributed by atoms with Gasteiger partial charge in [-0.1, -0.05) is 24.3 Å². The van der Waals surface area contributed by atoms with Crippen LogP contribution < -0.4 is 4.74 Å². The van der Waals surface area contributed by atoms with E-state index in [4.69, 9.17) is 4.74 Å². The molecular formula is C23H16O6. The number of benzene rings is 4. The highest BCUT2D eigenvalue weighted by Gasteiger charge is 2.15. The average molecular weight is 388 g/mol. The fourth-order valence-electron chi connectivity index (χ4n) is 3.55. The number of rotatable bonds is 5. The summed E-state index contributed by atoms with van der Waals surface area (Å²) in [5, 5.41) is 33.0. The van der Waals surface area contributed by atoms with Crippen molar-refractivity contribution in [2.24, 2.45) is 0 Å². The maximum Gasteiger partial charge on any atom is 0.335 e. The summed E-state index contributed by atoms with van der Waals surface area (Å²) in [4.78, 5) is 21.8. The lowest BCUT2D eigenvalue weighted by molar-refractivity contribution is -0.120. The number of carboxylic acids is 1. The number of phenolic OH excluding ortho intramolecular Hbond substituents is 2. The summed E-state index contributed by atoms with van der Waals surface area (Å²) in [7, 11) is 0. The molecule has 29 heavy (non-hydrogen) atoms.